The van der Waals surface area contributed by atoms with E-state index in [-0.39, 0.29) is 36.7 Å². The lowest BCUT2D eigenvalue weighted by atomic mass is 10.1. The first kappa shape index (κ1) is 32.3. The molecule has 0 radical (unpaired) electrons. The number of hydrogen-bond acceptors (Lipinski definition) is 9. The van der Waals surface area contributed by atoms with Crippen molar-refractivity contribution in [3.63, 3.8) is 0 Å². The Hall–Kier alpha value is -5.65. The van der Waals surface area contributed by atoms with Crippen LogP contribution in [0.5, 0.6) is 5.75 Å². The smallest absolute Gasteiger partial charge is 0.340 e. The molecule has 45 heavy (non-hydrogen) atoms. The van der Waals surface area contributed by atoms with E-state index in [1.807, 2.05) is 6.92 Å². The molecule has 0 spiro atoms. The number of ether oxygens (including phenoxy) is 3. The number of nitrogens with zero attached hydrogens (tertiary/aromatic N) is 1. The lowest BCUT2D eigenvalue weighted by Crippen LogP contribution is -2.34. The topological polar surface area (TPSA) is 153 Å². The number of furan rings is 1. The Kier molecular flexibility index (Phi) is 10.5. The normalized spacial score (nSPS) is 13.6. The number of rotatable bonds is 11. The maximum absolute atomic E-state index is 13.6. The molecule has 3 amide bonds. The van der Waals surface area contributed by atoms with Crippen molar-refractivity contribution in [2.45, 2.75) is 34.2 Å². The van der Waals surface area contributed by atoms with Crippen LogP contribution in [0.25, 0.3) is 6.08 Å². The summed E-state index contributed by atoms with van der Waals surface area (Å²) >= 11 is 0. The third kappa shape index (κ3) is 7.66. The average molecular weight is 616 g/mol. The van der Waals surface area contributed by atoms with Gasteiger partial charge in [-0.2, -0.15) is 0 Å². The number of carbonyl (C=O) groups is 5. The van der Waals surface area contributed by atoms with Crippen molar-refractivity contribution in [3.8, 4) is 5.75 Å². The summed E-state index contributed by atoms with van der Waals surface area (Å²) in [4.78, 5) is 64.4. The second-order valence-corrected chi connectivity index (χ2v) is 9.55. The monoisotopic (exact) mass is 615 g/mol. The van der Waals surface area contributed by atoms with Gasteiger partial charge in [0.05, 0.1) is 43.1 Å². The minimum absolute atomic E-state index is 0.0816. The van der Waals surface area contributed by atoms with E-state index in [1.165, 1.54) is 35.2 Å². The van der Waals surface area contributed by atoms with E-state index in [9.17, 15) is 24.0 Å². The van der Waals surface area contributed by atoms with E-state index in [4.69, 9.17) is 18.6 Å². The molecule has 0 unspecified atom stereocenters. The van der Waals surface area contributed by atoms with Crippen molar-refractivity contribution in [3.05, 3.63) is 94.6 Å². The number of carbonyl (C=O) groups excluding carboxylic acids is 5. The molecule has 4 rings (SSSR count). The fourth-order valence-corrected chi connectivity index (χ4v) is 4.50. The second kappa shape index (κ2) is 14.7. The van der Waals surface area contributed by atoms with Crippen molar-refractivity contribution < 1.29 is 42.6 Å². The van der Waals surface area contributed by atoms with Gasteiger partial charge in [0.1, 0.15) is 17.3 Å². The van der Waals surface area contributed by atoms with E-state index in [1.54, 1.807) is 57.2 Å². The van der Waals surface area contributed by atoms with E-state index in [0.717, 1.165) is 0 Å². The Morgan fingerprint density at radius 2 is 1.49 bits per heavy atom. The highest BCUT2D eigenvalue weighted by Gasteiger charge is 2.38. The average Bonchev–Trinajstić information content (AvgIpc) is 3.58. The molecule has 0 atom stereocenters. The Bertz CT molecular complexity index is 1650. The van der Waals surface area contributed by atoms with Gasteiger partial charge >= 0.3 is 23.8 Å². The second-order valence-electron chi connectivity index (χ2n) is 9.55. The summed E-state index contributed by atoms with van der Waals surface area (Å²) in [5, 5.41) is 4.92. The molecule has 1 aliphatic heterocycles. The zero-order valence-corrected chi connectivity index (χ0v) is 25.3. The van der Waals surface area contributed by atoms with Gasteiger partial charge in [-0.3, -0.25) is 19.3 Å². The highest BCUT2D eigenvalue weighted by molar-refractivity contribution is 6.39. The van der Waals surface area contributed by atoms with Crippen molar-refractivity contribution in [1.82, 2.24) is 5.32 Å². The number of esters is 2. The predicted molar refractivity (Wildman–Crippen MR) is 164 cm³/mol. The summed E-state index contributed by atoms with van der Waals surface area (Å²) < 4.78 is 21.4. The summed E-state index contributed by atoms with van der Waals surface area (Å²) in [5.74, 6) is -2.23. The number of hydrogen-bond donors (Lipinski definition) is 2. The van der Waals surface area contributed by atoms with Gasteiger partial charge in [0.15, 0.2) is 0 Å². The Morgan fingerprint density at radius 1 is 0.822 bits per heavy atom. The van der Waals surface area contributed by atoms with Gasteiger partial charge in [0.25, 0.3) is 5.91 Å². The predicted octanol–water partition coefficient (Wildman–Crippen LogP) is 4.38. The number of anilines is 2. The van der Waals surface area contributed by atoms with Crippen LogP contribution in [0.2, 0.25) is 0 Å². The molecule has 2 N–H and O–H groups in total. The van der Waals surface area contributed by atoms with Crippen LogP contribution in [0.1, 0.15) is 49.6 Å². The molecule has 12 heteroatoms. The van der Waals surface area contributed by atoms with E-state index in [0.29, 0.717) is 40.8 Å². The standard InChI is InChI=1S/C33H33N3O9/c1-5-42-24-14-12-23(13-15-24)36-20(4)28(33(41)44-7-3)27(31(36)39)18-25-16-17-26(45-25)19-34-29(37)30(38)35-22-10-8-21(9-11-22)32(40)43-6-2/h8-18H,5-7,19H2,1-4H3,(H,34,37)(H,35,38)/b27-18+. The van der Waals surface area contributed by atoms with E-state index < -0.39 is 29.7 Å². The maximum atomic E-state index is 13.6. The van der Waals surface area contributed by atoms with Crippen molar-refractivity contribution in [1.29, 1.82) is 0 Å². The first-order valence-electron chi connectivity index (χ1n) is 14.3. The molecular weight excluding hydrogens is 582 g/mol. The van der Waals surface area contributed by atoms with Crippen LogP contribution in [0, 0.1) is 0 Å². The van der Waals surface area contributed by atoms with Gasteiger partial charge in [-0.25, -0.2) is 9.59 Å². The van der Waals surface area contributed by atoms with Crippen molar-refractivity contribution >= 4 is 47.1 Å². The molecule has 12 nitrogen and oxygen atoms in total. The van der Waals surface area contributed by atoms with Crippen LogP contribution < -0.4 is 20.3 Å². The van der Waals surface area contributed by atoms with Gasteiger partial charge in [0.2, 0.25) is 0 Å². The first-order chi connectivity index (χ1) is 21.7. The number of benzene rings is 2. The van der Waals surface area contributed by atoms with Crippen LogP contribution in [0.15, 0.2) is 81.9 Å². The number of allylic oxidation sites excluding steroid dienone is 1. The quantitative estimate of drug-likeness (QED) is 0.182. The largest absolute Gasteiger partial charge is 0.494 e. The molecule has 2 heterocycles. The fourth-order valence-electron chi connectivity index (χ4n) is 4.50. The third-order valence-electron chi connectivity index (χ3n) is 6.54. The number of nitrogens with one attached hydrogen (secondary N) is 2. The SMILES string of the molecule is CCOC(=O)C1=C(C)N(c2ccc(OCC)cc2)C(=O)/C1=C/c1ccc(CNC(=O)C(=O)Nc2ccc(C(=O)OCC)cc2)o1. The summed E-state index contributed by atoms with van der Waals surface area (Å²) in [6.07, 6.45) is 1.44. The molecule has 234 valence electrons. The molecule has 0 fully saturated rings. The van der Waals surface area contributed by atoms with Gasteiger partial charge in [-0.05, 0) is 94.4 Å². The van der Waals surface area contributed by atoms with E-state index >= 15 is 0 Å². The van der Waals surface area contributed by atoms with Crippen LogP contribution in [-0.2, 0) is 35.2 Å². The molecule has 0 bridgehead atoms. The lowest BCUT2D eigenvalue weighted by molar-refractivity contribution is -0.138. The van der Waals surface area contributed by atoms with Crippen LogP contribution in [0.3, 0.4) is 0 Å². The molecular formula is C33H33N3O9. The van der Waals surface area contributed by atoms with Gasteiger partial charge in [-0.1, -0.05) is 0 Å². The maximum Gasteiger partial charge on any atom is 0.340 e. The first-order valence-corrected chi connectivity index (χ1v) is 14.3. The highest BCUT2D eigenvalue weighted by atomic mass is 16.5. The van der Waals surface area contributed by atoms with Crippen LogP contribution >= 0.6 is 0 Å². The summed E-state index contributed by atoms with van der Waals surface area (Å²) in [6, 6.07) is 16.0. The lowest BCUT2D eigenvalue weighted by Gasteiger charge is -2.18. The Labute approximate surface area is 259 Å². The molecule has 0 saturated heterocycles. The van der Waals surface area contributed by atoms with Crippen molar-refractivity contribution in [2.24, 2.45) is 0 Å². The molecule has 0 saturated carbocycles. The molecule has 2 aromatic carbocycles. The Morgan fingerprint density at radius 3 is 2.13 bits per heavy atom. The zero-order valence-electron chi connectivity index (χ0n) is 25.3. The minimum atomic E-state index is -0.918. The molecule has 1 aliphatic rings. The number of amides is 3. The Balaban J connectivity index is 1.44. The fraction of sp³-hybridized carbons (Fsp3) is 0.242. The summed E-state index contributed by atoms with van der Waals surface area (Å²) in [7, 11) is 0. The van der Waals surface area contributed by atoms with Gasteiger partial charge in [0, 0.05) is 17.1 Å². The van der Waals surface area contributed by atoms with Crippen molar-refractivity contribution in [2.75, 3.05) is 30.0 Å². The van der Waals surface area contributed by atoms with E-state index in [2.05, 4.69) is 10.6 Å². The van der Waals surface area contributed by atoms with Gasteiger partial charge in [-0.15, -0.1) is 0 Å². The molecule has 1 aromatic heterocycles. The zero-order chi connectivity index (χ0) is 32.5. The third-order valence-corrected chi connectivity index (χ3v) is 6.54. The molecule has 3 aromatic rings. The molecule has 0 aliphatic carbocycles. The summed E-state index contributed by atoms with van der Waals surface area (Å²) in [6.45, 7) is 7.63. The van der Waals surface area contributed by atoms with Gasteiger partial charge < -0.3 is 29.3 Å². The summed E-state index contributed by atoms with van der Waals surface area (Å²) in [5.41, 5.74) is 1.76. The van der Waals surface area contributed by atoms with Crippen LogP contribution in [0.4, 0.5) is 11.4 Å². The van der Waals surface area contributed by atoms with Crippen LogP contribution in [-0.4, -0.2) is 49.5 Å². The minimum Gasteiger partial charge on any atom is -0.494 e. The highest BCUT2D eigenvalue weighted by Crippen LogP contribution is 2.36.